The van der Waals surface area contributed by atoms with E-state index in [2.05, 4.69) is 24.2 Å². The van der Waals surface area contributed by atoms with Crippen LogP contribution in [0.2, 0.25) is 0 Å². The zero-order valence-electron chi connectivity index (χ0n) is 3.95. The molecule has 0 amide bonds. The van der Waals surface area contributed by atoms with Gasteiger partial charge in [-0.25, -0.2) is 0 Å². The second-order valence-electron chi connectivity index (χ2n) is 1.12. The fourth-order valence-corrected chi connectivity index (χ4v) is 0.597. The first kappa shape index (κ1) is 8.54. The predicted molar refractivity (Wildman–Crippen MR) is 23.9 cm³/mol. The third-order valence-electron chi connectivity index (χ3n) is 0.611. The van der Waals surface area contributed by atoms with Crippen molar-refractivity contribution in [2.24, 2.45) is 0 Å². The van der Waals surface area contributed by atoms with Crippen molar-refractivity contribution in [3.63, 3.8) is 0 Å². The Bertz CT molecular complexity index is 142. The summed E-state index contributed by atoms with van der Waals surface area (Å²) in [5.74, 6) is 0. The normalized spacial score (nSPS) is 7.75. The minimum absolute atomic E-state index is 0. The second kappa shape index (κ2) is 4.42. The molecule has 1 rings (SSSR count). The Kier molecular flexibility index (Phi) is 4.72. The first-order valence-corrected chi connectivity index (χ1v) is 2.71. The molecule has 0 spiro atoms. The summed E-state index contributed by atoms with van der Waals surface area (Å²) < 4.78 is 0.922. The molecule has 0 fully saturated rings. The molecule has 0 radical (unpaired) electrons. The van der Waals surface area contributed by atoms with Gasteiger partial charge in [0.1, 0.15) is 0 Å². The number of halogens is 1. The van der Waals surface area contributed by atoms with Crippen molar-refractivity contribution in [3.8, 4) is 0 Å². The van der Waals surface area contributed by atoms with E-state index < -0.39 is 0 Å². The molecule has 0 unspecified atom stereocenters. The number of nitrogens with zero attached hydrogens (tertiary/aromatic N) is 1. The minimum atomic E-state index is 0. The van der Waals surface area contributed by atoms with E-state index in [1.54, 1.807) is 6.20 Å². The van der Waals surface area contributed by atoms with Gasteiger partial charge in [-0.1, -0.05) is 0 Å². The Labute approximate surface area is 76.3 Å². The Hall–Kier alpha value is 0.542. The molecule has 0 aliphatic heterocycles. The van der Waals surface area contributed by atoms with Crippen LogP contribution >= 0.6 is 0 Å². The zero-order chi connectivity index (χ0) is 5.11. The number of aromatic nitrogens is 1. The summed E-state index contributed by atoms with van der Waals surface area (Å²) in [4.78, 5) is 3.91. The van der Waals surface area contributed by atoms with Gasteiger partial charge < -0.3 is 24.0 Å². The molecule has 3 heteroatoms. The molecule has 0 saturated heterocycles. The fraction of sp³-hybridized carbons (Fsp3) is 0. The van der Waals surface area contributed by atoms with Gasteiger partial charge in [0.25, 0.3) is 0 Å². The van der Waals surface area contributed by atoms with Crippen LogP contribution in [-0.4, -0.2) is 4.98 Å². The van der Waals surface area contributed by atoms with Crippen LogP contribution in [0.4, 0.5) is 0 Å². The summed E-state index contributed by atoms with van der Waals surface area (Å²) in [7, 11) is 0. The quantitative estimate of drug-likeness (QED) is 0.374. The Morgan fingerprint density at radius 1 is 1.38 bits per heavy atom. The summed E-state index contributed by atoms with van der Waals surface area (Å²) >= 11 is 2.95. The fourth-order valence-electron chi connectivity index (χ4n) is 0.331. The van der Waals surface area contributed by atoms with Gasteiger partial charge >= 0.3 is 52.7 Å². The second-order valence-corrected chi connectivity index (χ2v) is 1.92. The van der Waals surface area contributed by atoms with Crippen molar-refractivity contribution in [1.29, 1.82) is 0 Å². The first-order chi connectivity index (χ1) is 3.39. The van der Waals surface area contributed by atoms with Crippen LogP contribution in [0.25, 0.3) is 0 Å². The van der Waals surface area contributed by atoms with Crippen LogP contribution in [0, 0.1) is 0 Å². The van der Waals surface area contributed by atoms with Gasteiger partial charge in [0, 0.05) is 0 Å². The molecule has 0 aliphatic rings. The van der Waals surface area contributed by atoms with Crippen molar-refractivity contribution in [2.45, 2.75) is 0 Å². The molecule has 0 bridgehead atoms. The van der Waals surface area contributed by atoms with E-state index in [-0.39, 0.29) is 24.0 Å². The van der Waals surface area contributed by atoms with Gasteiger partial charge in [-0.2, -0.15) is 0 Å². The van der Waals surface area contributed by atoms with E-state index in [1.165, 1.54) is 0 Å². The van der Waals surface area contributed by atoms with Gasteiger partial charge in [0.05, 0.1) is 0 Å². The van der Waals surface area contributed by atoms with Gasteiger partial charge in [-0.15, -0.1) is 0 Å². The van der Waals surface area contributed by atoms with E-state index in [4.69, 9.17) is 0 Å². The average Bonchev–Trinajstić information content (AvgIpc) is 1.69. The summed E-state index contributed by atoms with van der Waals surface area (Å²) in [6.45, 7) is 0. The third kappa shape index (κ3) is 2.75. The van der Waals surface area contributed by atoms with Crippen molar-refractivity contribution in [2.75, 3.05) is 0 Å². The molecular weight excluding hydrogens is 307 g/mol. The van der Waals surface area contributed by atoms with Crippen molar-refractivity contribution in [3.05, 3.63) is 24.4 Å². The molecule has 1 aromatic rings. The number of hydrogen-bond acceptors (Lipinski definition) is 1. The molecule has 0 N–H and O–H groups in total. The molecule has 0 aliphatic carbocycles. The van der Waals surface area contributed by atoms with E-state index in [9.17, 15) is 0 Å². The maximum absolute atomic E-state index is 3.91. The number of rotatable bonds is 0. The Morgan fingerprint density at radius 3 is 2.38 bits per heavy atom. The third-order valence-corrected chi connectivity index (χ3v) is 1.07. The summed E-state index contributed by atoms with van der Waals surface area (Å²) in [5, 5.41) is 0. The zero-order valence-corrected chi connectivity index (χ0v) is 7.66. The topological polar surface area (TPSA) is 12.9 Å². The molecule has 1 nitrogen and oxygen atoms in total. The van der Waals surface area contributed by atoms with Crippen LogP contribution < -0.4 is 28.1 Å². The Balaban J connectivity index is 0.000000490. The summed E-state index contributed by atoms with van der Waals surface area (Å²) in [6.07, 6.45) is 1.75. The standard InChI is InChI=1S/C5H4N.HI.Pd/c1-2-4-6-5-3-1;;/h1-4H;1H;/q;;+1/p-1. The van der Waals surface area contributed by atoms with Crippen LogP contribution in [-0.2, 0) is 19.2 Å². The molecule has 46 valence electrons. The van der Waals surface area contributed by atoms with Crippen molar-refractivity contribution in [1.82, 2.24) is 4.98 Å². The summed E-state index contributed by atoms with van der Waals surface area (Å²) in [5.41, 5.74) is 0. The predicted octanol–water partition coefficient (Wildman–Crippen LogP) is -2.74. The molecular formula is C5H4INPd. The van der Waals surface area contributed by atoms with Crippen molar-refractivity contribution >= 4 is 4.17 Å². The Morgan fingerprint density at radius 2 is 2.12 bits per heavy atom. The van der Waals surface area contributed by atoms with E-state index in [0.29, 0.717) is 0 Å². The average molecular weight is 311 g/mol. The van der Waals surface area contributed by atoms with Crippen molar-refractivity contribution < 1.29 is 43.2 Å². The van der Waals surface area contributed by atoms with Gasteiger partial charge in [0.2, 0.25) is 0 Å². The molecule has 8 heavy (non-hydrogen) atoms. The van der Waals surface area contributed by atoms with Crippen LogP contribution in [0.15, 0.2) is 24.4 Å². The molecule has 0 atom stereocenters. The van der Waals surface area contributed by atoms with Crippen LogP contribution in [0.3, 0.4) is 0 Å². The first-order valence-electron chi connectivity index (χ1n) is 1.93. The maximum atomic E-state index is 3.91. The number of pyridine rings is 1. The van der Waals surface area contributed by atoms with E-state index in [0.717, 1.165) is 4.17 Å². The summed E-state index contributed by atoms with van der Waals surface area (Å²) in [6, 6.07) is 5.73. The number of hydrogen-bond donors (Lipinski definition) is 0. The van der Waals surface area contributed by atoms with Crippen LogP contribution in [0.1, 0.15) is 0 Å². The molecule has 0 aromatic carbocycles. The van der Waals surface area contributed by atoms with Gasteiger partial charge in [-0.05, 0) is 0 Å². The SMILES string of the molecule is [I-].[Pd+][c]1ccccn1. The molecule has 1 aromatic heterocycles. The van der Waals surface area contributed by atoms with Gasteiger partial charge in [0.15, 0.2) is 0 Å². The monoisotopic (exact) mass is 311 g/mol. The molecule has 0 saturated carbocycles. The van der Waals surface area contributed by atoms with E-state index in [1.807, 2.05) is 18.2 Å². The van der Waals surface area contributed by atoms with Gasteiger partial charge in [-0.3, -0.25) is 0 Å². The molecule has 1 heterocycles. The van der Waals surface area contributed by atoms with Crippen LogP contribution in [0.5, 0.6) is 0 Å². The van der Waals surface area contributed by atoms with E-state index >= 15 is 0 Å².